The topological polar surface area (TPSA) is 62.3 Å². The van der Waals surface area contributed by atoms with Crippen LogP contribution < -0.4 is 9.62 Å². The fourth-order valence-corrected chi connectivity index (χ4v) is 4.82. The Labute approximate surface area is 138 Å². The quantitative estimate of drug-likeness (QED) is 0.882. The van der Waals surface area contributed by atoms with Crippen molar-refractivity contribution in [2.45, 2.75) is 17.4 Å². The molecule has 1 fully saturated rings. The second-order valence-electron chi connectivity index (χ2n) is 5.17. The molecule has 0 saturated carbocycles. The molecule has 1 saturated heterocycles. The first-order valence-electron chi connectivity index (χ1n) is 6.99. The van der Waals surface area contributed by atoms with E-state index in [-0.39, 0.29) is 10.9 Å². The smallest absolute Gasteiger partial charge is 0.242 e. The first-order chi connectivity index (χ1) is 10.6. The van der Waals surface area contributed by atoms with Gasteiger partial charge < -0.3 is 4.90 Å². The van der Waals surface area contributed by atoms with Crippen molar-refractivity contribution in [3.05, 3.63) is 53.1 Å². The summed E-state index contributed by atoms with van der Waals surface area (Å²) in [6.07, 6.45) is 2.51. The Bertz CT molecular complexity index is 752. The number of hydrogen-bond donors (Lipinski definition) is 1. The molecule has 1 atom stereocenters. The molecular formula is C15H16BrN3O2S. The summed E-state index contributed by atoms with van der Waals surface area (Å²) >= 11 is 3.29. The van der Waals surface area contributed by atoms with E-state index in [9.17, 15) is 8.42 Å². The van der Waals surface area contributed by atoms with Crippen LogP contribution in [0.2, 0.25) is 0 Å². The highest BCUT2D eigenvalue weighted by molar-refractivity contribution is 9.10. The molecule has 2 aromatic rings. The molecule has 0 bridgehead atoms. The van der Waals surface area contributed by atoms with Crippen molar-refractivity contribution in [3.8, 4) is 0 Å². The zero-order valence-corrected chi connectivity index (χ0v) is 14.2. The number of sulfonamides is 1. The molecule has 1 unspecified atom stereocenters. The molecule has 0 spiro atoms. The molecule has 3 rings (SSSR count). The zero-order valence-electron chi connectivity index (χ0n) is 11.8. The van der Waals surface area contributed by atoms with Crippen molar-refractivity contribution in [2.24, 2.45) is 0 Å². The average Bonchev–Trinajstić information content (AvgIpc) is 2.96. The Hall–Kier alpha value is -1.44. The molecule has 1 aliphatic rings. The SMILES string of the molecule is O=S(=O)(NC1CCN(c2ccccn2)C1)c1ccccc1Br. The lowest BCUT2D eigenvalue weighted by Crippen LogP contribution is -2.37. The number of anilines is 1. The highest BCUT2D eigenvalue weighted by atomic mass is 79.9. The molecular weight excluding hydrogens is 366 g/mol. The number of pyridine rings is 1. The van der Waals surface area contributed by atoms with Gasteiger partial charge in [0.15, 0.2) is 0 Å². The van der Waals surface area contributed by atoms with Gasteiger partial charge in [0, 0.05) is 29.8 Å². The lowest BCUT2D eigenvalue weighted by atomic mass is 10.3. The number of hydrogen-bond acceptors (Lipinski definition) is 4. The van der Waals surface area contributed by atoms with E-state index in [1.165, 1.54) is 0 Å². The van der Waals surface area contributed by atoms with Gasteiger partial charge in [-0.05, 0) is 46.6 Å². The molecule has 116 valence electrons. The minimum absolute atomic E-state index is 0.112. The molecule has 0 amide bonds. The predicted octanol–water partition coefficient (Wildman–Crippen LogP) is 2.40. The molecule has 1 N–H and O–H groups in total. The van der Waals surface area contributed by atoms with Crippen molar-refractivity contribution >= 4 is 31.8 Å². The molecule has 0 radical (unpaired) electrons. The summed E-state index contributed by atoms with van der Waals surface area (Å²) in [5.74, 6) is 0.880. The van der Waals surface area contributed by atoms with Crippen LogP contribution in [0.15, 0.2) is 58.0 Å². The maximum atomic E-state index is 12.5. The molecule has 22 heavy (non-hydrogen) atoms. The van der Waals surface area contributed by atoms with Gasteiger partial charge in [0.25, 0.3) is 0 Å². The van der Waals surface area contributed by atoms with Gasteiger partial charge in [-0.2, -0.15) is 0 Å². The van der Waals surface area contributed by atoms with E-state index in [4.69, 9.17) is 0 Å². The van der Waals surface area contributed by atoms with Gasteiger partial charge in [-0.1, -0.05) is 18.2 Å². The maximum Gasteiger partial charge on any atom is 0.242 e. The van der Waals surface area contributed by atoms with Crippen LogP contribution in [0, 0.1) is 0 Å². The highest BCUT2D eigenvalue weighted by Crippen LogP contribution is 2.23. The highest BCUT2D eigenvalue weighted by Gasteiger charge is 2.28. The number of nitrogens with zero attached hydrogens (tertiary/aromatic N) is 2. The number of rotatable bonds is 4. The van der Waals surface area contributed by atoms with E-state index in [0.717, 1.165) is 18.8 Å². The van der Waals surface area contributed by atoms with Crippen molar-refractivity contribution in [1.82, 2.24) is 9.71 Å². The van der Waals surface area contributed by atoms with Gasteiger partial charge in [-0.3, -0.25) is 0 Å². The Morgan fingerprint density at radius 3 is 2.68 bits per heavy atom. The van der Waals surface area contributed by atoms with E-state index in [0.29, 0.717) is 11.0 Å². The van der Waals surface area contributed by atoms with E-state index < -0.39 is 10.0 Å². The molecule has 0 aliphatic carbocycles. The van der Waals surface area contributed by atoms with E-state index >= 15 is 0 Å². The first kappa shape index (κ1) is 15.5. The standard InChI is InChI=1S/C15H16BrN3O2S/c16-13-5-1-2-6-14(13)22(20,21)18-12-8-10-19(11-12)15-7-3-4-9-17-15/h1-7,9,12,18H,8,10-11H2. The van der Waals surface area contributed by atoms with Crippen LogP contribution in [0.4, 0.5) is 5.82 Å². The molecule has 5 nitrogen and oxygen atoms in total. The van der Waals surface area contributed by atoms with Crippen molar-refractivity contribution in [1.29, 1.82) is 0 Å². The van der Waals surface area contributed by atoms with Crippen LogP contribution in [-0.2, 0) is 10.0 Å². The molecule has 7 heteroatoms. The third-order valence-corrected chi connectivity index (χ3v) is 6.14. The minimum atomic E-state index is -3.52. The number of aromatic nitrogens is 1. The fourth-order valence-electron chi connectivity index (χ4n) is 2.55. The Morgan fingerprint density at radius 1 is 1.18 bits per heavy atom. The average molecular weight is 382 g/mol. The second-order valence-corrected chi connectivity index (χ2v) is 7.71. The number of halogens is 1. The summed E-state index contributed by atoms with van der Waals surface area (Å²) < 4.78 is 28.3. The zero-order chi connectivity index (χ0) is 15.6. The molecule has 1 aromatic heterocycles. The third-order valence-electron chi connectivity index (χ3n) is 3.61. The van der Waals surface area contributed by atoms with Crippen molar-refractivity contribution in [2.75, 3.05) is 18.0 Å². The monoisotopic (exact) mass is 381 g/mol. The third kappa shape index (κ3) is 3.31. The van der Waals surface area contributed by atoms with Crippen LogP contribution in [0.3, 0.4) is 0 Å². The van der Waals surface area contributed by atoms with Gasteiger partial charge in [0.05, 0.1) is 4.90 Å². The number of benzene rings is 1. The minimum Gasteiger partial charge on any atom is -0.355 e. The summed E-state index contributed by atoms with van der Waals surface area (Å²) in [6.45, 7) is 1.42. The lowest BCUT2D eigenvalue weighted by molar-refractivity contribution is 0.561. The van der Waals surface area contributed by atoms with E-state index in [1.807, 2.05) is 18.2 Å². The predicted molar refractivity (Wildman–Crippen MR) is 89.3 cm³/mol. The largest absolute Gasteiger partial charge is 0.355 e. The van der Waals surface area contributed by atoms with Crippen LogP contribution in [0.5, 0.6) is 0 Å². The van der Waals surface area contributed by atoms with Gasteiger partial charge in [-0.25, -0.2) is 18.1 Å². The summed E-state index contributed by atoms with van der Waals surface area (Å²) in [5, 5.41) is 0. The lowest BCUT2D eigenvalue weighted by Gasteiger charge is -2.18. The van der Waals surface area contributed by atoms with Crippen LogP contribution in [0.1, 0.15) is 6.42 Å². The van der Waals surface area contributed by atoms with Crippen LogP contribution >= 0.6 is 15.9 Å². The maximum absolute atomic E-state index is 12.5. The summed E-state index contributed by atoms with van der Waals surface area (Å²) in [6, 6.07) is 12.5. The van der Waals surface area contributed by atoms with Gasteiger partial charge in [0.1, 0.15) is 5.82 Å². The Morgan fingerprint density at radius 2 is 1.95 bits per heavy atom. The molecule has 1 aromatic carbocycles. The molecule has 2 heterocycles. The summed E-state index contributed by atoms with van der Waals surface area (Å²) in [4.78, 5) is 6.67. The van der Waals surface area contributed by atoms with Crippen molar-refractivity contribution < 1.29 is 8.42 Å². The first-order valence-corrected chi connectivity index (χ1v) is 9.27. The number of nitrogens with one attached hydrogen (secondary N) is 1. The van der Waals surface area contributed by atoms with E-state index in [1.54, 1.807) is 30.5 Å². The Kier molecular flexibility index (Phi) is 4.46. The van der Waals surface area contributed by atoms with Gasteiger partial charge in [0.2, 0.25) is 10.0 Å². The van der Waals surface area contributed by atoms with Crippen LogP contribution in [0.25, 0.3) is 0 Å². The summed E-state index contributed by atoms with van der Waals surface area (Å²) in [7, 11) is -3.52. The second kappa shape index (κ2) is 6.36. The van der Waals surface area contributed by atoms with Crippen molar-refractivity contribution in [3.63, 3.8) is 0 Å². The van der Waals surface area contributed by atoms with Crippen LogP contribution in [-0.4, -0.2) is 32.5 Å². The molecule has 1 aliphatic heterocycles. The van der Waals surface area contributed by atoms with E-state index in [2.05, 4.69) is 30.5 Å². The van der Waals surface area contributed by atoms with Gasteiger partial charge >= 0.3 is 0 Å². The van der Waals surface area contributed by atoms with Gasteiger partial charge in [-0.15, -0.1) is 0 Å². The fraction of sp³-hybridized carbons (Fsp3) is 0.267. The summed E-state index contributed by atoms with van der Waals surface area (Å²) in [5.41, 5.74) is 0. The Balaban J connectivity index is 1.71. The normalized spacial score (nSPS) is 18.6.